The summed E-state index contributed by atoms with van der Waals surface area (Å²) in [5, 5.41) is 8.67. The highest BCUT2D eigenvalue weighted by Crippen LogP contribution is 2.20. The zero-order valence-corrected chi connectivity index (χ0v) is 6.66. The molecule has 2 saturated heterocycles. The average molecular weight is 151 g/mol. The van der Waals surface area contributed by atoms with Crippen LogP contribution in [-0.4, -0.2) is 42.0 Å². The van der Waals surface area contributed by atoms with Gasteiger partial charge in [0.1, 0.15) is 0 Å². The van der Waals surface area contributed by atoms with E-state index in [2.05, 4.69) is 11.1 Å². The van der Waals surface area contributed by atoms with Crippen LogP contribution in [0.25, 0.3) is 0 Å². The van der Waals surface area contributed by atoms with Crippen molar-refractivity contribution < 1.29 is 0 Å². The van der Waals surface area contributed by atoms with Crippen LogP contribution in [0.1, 0.15) is 12.8 Å². The molecule has 1 atom stereocenters. The van der Waals surface area contributed by atoms with E-state index in [0.717, 1.165) is 19.6 Å². The summed E-state index contributed by atoms with van der Waals surface area (Å²) < 4.78 is 0. The Morgan fingerprint density at radius 2 is 2.18 bits per heavy atom. The fraction of sp³-hybridized carbons (Fsp3) is 0.875. The summed E-state index contributed by atoms with van der Waals surface area (Å²) in [4.78, 5) is 4.39. The van der Waals surface area contributed by atoms with E-state index in [0.29, 0.717) is 6.04 Å². The van der Waals surface area contributed by atoms with Crippen LogP contribution in [0.3, 0.4) is 0 Å². The highest BCUT2D eigenvalue weighted by molar-refractivity contribution is 4.90. The van der Waals surface area contributed by atoms with E-state index in [4.69, 9.17) is 5.26 Å². The van der Waals surface area contributed by atoms with E-state index in [1.807, 2.05) is 4.90 Å². The van der Waals surface area contributed by atoms with Crippen LogP contribution >= 0.6 is 0 Å². The molecule has 0 N–H and O–H groups in total. The van der Waals surface area contributed by atoms with Crippen molar-refractivity contribution in [3.63, 3.8) is 0 Å². The fourth-order valence-electron chi connectivity index (χ4n) is 2.08. The summed E-state index contributed by atoms with van der Waals surface area (Å²) in [6.45, 7) is 4.26. The van der Waals surface area contributed by atoms with Gasteiger partial charge in [-0.25, -0.2) is 0 Å². The van der Waals surface area contributed by atoms with Crippen LogP contribution in [0.2, 0.25) is 0 Å². The Hall–Kier alpha value is -0.750. The summed E-state index contributed by atoms with van der Waals surface area (Å²) in [5.41, 5.74) is 0. The predicted octanol–water partition coefficient (Wildman–Crippen LogP) is 0.247. The average Bonchev–Trinajstić information content (AvgIpc) is 2.50. The van der Waals surface area contributed by atoms with Crippen LogP contribution in [0.15, 0.2) is 0 Å². The third-order valence-corrected chi connectivity index (χ3v) is 2.73. The highest BCUT2D eigenvalue weighted by atomic mass is 15.3. The molecule has 2 heterocycles. The normalized spacial score (nSPS) is 31.5. The second-order valence-corrected chi connectivity index (χ2v) is 3.38. The highest BCUT2D eigenvalue weighted by Gasteiger charge is 2.29. The van der Waals surface area contributed by atoms with Gasteiger partial charge in [0, 0.05) is 25.7 Å². The lowest BCUT2D eigenvalue weighted by Crippen LogP contribution is -2.48. The SMILES string of the molecule is N#CN1CCN2CCCC2C1. The maximum atomic E-state index is 8.67. The number of hydrogen-bond donors (Lipinski definition) is 0. The Morgan fingerprint density at radius 3 is 3.00 bits per heavy atom. The van der Waals surface area contributed by atoms with E-state index >= 15 is 0 Å². The van der Waals surface area contributed by atoms with Crippen molar-refractivity contribution >= 4 is 0 Å². The van der Waals surface area contributed by atoms with E-state index in [9.17, 15) is 0 Å². The third-order valence-electron chi connectivity index (χ3n) is 2.73. The number of piperazine rings is 1. The van der Waals surface area contributed by atoms with Crippen LogP contribution in [-0.2, 0) is 0 Å². The molecule has 0 aromatic carbocycles. The first-order valence-corrected chi connectivity index (χ1v) is 4.29. The molecular weight excluding hydrogens is 138 g/mol. The second-order valence-electron chi connectivity index (χ2n) is 3.38. The Kier molecular flexibility index (Phi) is 1.71. The van der Waals surface area contributed by atoms with Gasteiger partial charge >= 0.3 is 0 Å². The van der Waals surface area contributed by atoms with Crippen molar-refractivity contribution in [3.8, 4) is 6.19 Å². The molecule has 0 aromatic heterocycles. The molecule has 3 heteroatoms. The number of fused-ring (bicyclic) bond motifs is 1. The van der Waals surface area contributed by atoms with E-state index in [-0.39, 0.29) is 0 Å². The van der Waals surface area contributed by atoms with E-state index in [1.165, 1.54) is 19.4 Å². The van der Waals surface area contributed by atoms with Gasteiger partial charge in [-0.05, 0) is 19.4 Å². The molecule has 60 valence electrons. The molecule has 0 spiro atoms. The van der Waals surface area contributed by atoms with Crippen molar-refractivity contribution in [1.29, 1.82) is 5.26 Å². The fourth-order valence-corrected chi connectivity index (χ4v) is 2.08. The molecule has 3 nitrogen and oxygen atoms in total. The Bertz CT molecular complexity index is 184. The van der Waals surface area contributed by atoms with Crippen LogP contribution in [0.4, 0.5) is 0 Å². The summed E-state index contributed by atoms with van der Waals surface area (Å²) in [6, 6.07) is 0.684. The first kappa shape index (κ1) is 6.93. The molecule has 2 rings (SSSR count). The molecule has 0 saturated carbocycles. The van der Waals surface area contributed by atoms with Gasteiger partial charge in [0.25, 0.3) is 0 Å². The van der Waals surface area contributed by atoms with Gasteiger partial charge in [-0.3, -0.25) is 4.90 Å². The minimum atomic E-state index is 0.684. The monoisotopic (exact) mass is 151 g/mol. The molecule has 1 unspecified atom stereocenters. The lowest BCUT2D eigenvalue weighted by molar-refractivity contribution is 0.144. The maximum absolute atomic E-state index is 8.67. The minimum Gasteiger partial charge on any atom is -0.308 e. The largest absolute Gasteiger partial charge is 0.308 e. The molecular formula is C8H13N3. The number of nitrogens with zero attached hydrogens (tertiary/aromatic N) is 3. The summed E-state index contributed by atoms with van der Waals surface area (Å²) in [5.74, 6) is 0. The van der Waals surface area contributed by atoms with E-state index < -0.39 is 0 Å². The molecule has 0 aliphatic carbocycles. The van der Waals surface area contributed by atoms with Crippen LogP contribution in [0.5, 0.6) is 0 Å². The smallest absolute Gasteiger partial charge is 0.179 e. The van der Waals surface area contributed by atoms with Crippen molar-refractivity contribution in [2.75, 3.05) is 26.2 Å². The maximum Gasteiger partial charge on any atom is 0.179 e. The first-order chi connectivity index (χ1) is 5.40. The molecule has 0 amide bonds. The Labute approximate surface area is 67.2 Å². The van der Waals surface area contributed by atoms with E-state index in [1.54, 1.807) is 0 Å². The Morgan fingerprint density at radius 1 is 1.27 bits per heavy atom. The molecule has 0 aromatic rings. The summed E-state index contributed by atoms with van der Waals surface area (Å²) in [7, 11) is 0. The van der Waals surface area contributed by atoms with Gasteiger partial charge in [-0.1, -0.05) is 0 Å². The quantitative estimate of drug-likeness (QED) is 0.465. The van der Waals surface area contributed by atoms with Gasteiger partial charge in [0.05, 0.1) is 0 Å². The van der Waals surface area contributed by atoms with Crippen LogP contribution in [0, 0.1) is 11.5 Å². The van der Waals surface area contributed by atoms with Gasteiger partial charge in [0.2, 0.25) is 0 Å². The van der Waals surface area contributed by atoms with Gasteiger partial charge in [-0.15, -0.1) is 0 Å². The standard InChI is InChI=1S/C8H13N3/c9-7-10-4-5-11-3-1-2-8(11)6-10/h8H,1-6H2. The molecule has 0 radical (unpaired) electrons. The van der Waals surface area contributed by atoms with Crippen molar-refractivity contribution in [2.24, 2.45) is 0 Å². The van der Waals surface area contributed by atoms with Crippen LogP contribution < -0.4 is 0 Å². The molecule has 2 aliphatic heterocycles. The van der Waals surface area contributed by atoms with Gasteiger partial charge in [-0.2, -0.15) is 5.26 Å². The van der Waals surface area contributed by atoms with Crippen molar-refractivity contribution in [2.45, 2.75) is 18.9 Å². The molecule has 0 bridgehead atoms. The summed E-state index contributed by atoms with van der Waals surface area (Å²) >= 11 is 0. The molecule has 2 fully saturated rings. The first-order valence-electron chi connectivity index (χ1n) is 4.29. The topological polar surface area (TPSA) is 30.3 Å². The minimum absolute atomic E-state index is 0.684. The predicted molar refractivity (Wildman–Crippen MR) is 41.8 cm³/mol. The van der Waals surface area contributed by atoms with Gasteiger partial charge < -0.3 is 4.90 Å². The number of nitriles is 1. The zero-order valence-electron chi connectivity index (χ0n) is 6.66. The number of rotatable bonds is 0. The van der Waals surface area contributed by atoms with Crippen molar-refractivity contribution in [3.05, 3.63) is 0 Å². The lowest BCUT2D eigenvalue weighted by Gasteiger charge is -2.34. The third kappa shape index (κ3) is 1.19. The number of hydrogen-bond acceptors (Lipinski definition) is 3. The van der Waals surface area contributed by atoms with Crippen molar-refractivity contribution in [1.82, 2.24) is 9.80 Å². The second kappa shape index (κ2) is 2.71. The summed E-state index contributed by atoms with van der Waals surface area (Å²) in [6.07, 6.45) is 4.84. The van der Waals surface area contributed by atoms with Gasteiger partial charge in [0.15, 0.2) is 6.19 Å². The molecule has 2 aliphatic rings. The lowest BCUT2D eigenvalue weighted by atomic mass is 10.2. The molecule has 11 heavy (non-hydrogen) atoms. The Balaban J connectivity index is 1.97. The zero-order chi connectivity index (χ0) is 7.68.